The molecule has 116 valence electrons. The molecule has 0 heterocycles. The van der Waals surface area contributed by atoms with E-state index >= 15 is 0 Å². The van der Waals surface area contributed by atoms with E-state index in [1.54, 1.807) is 6.92 Å². The third-order valence-corrected chi connectivity index (χ3v) is 3.81. The summed E-state index contributed by atoms with van der Waals surface area (Å²) in [5.41, 5.74) is 1.73. The minimum atomic E-state index is -4.33. The van der Waals surface area contributed by atoms with Gasteiger partial charge in [-0.1, -0.05) is 36.4 Å². The van der Waals surface area contributed by atoms with Gasteiger partial charge < -0.3 is 4.74 Å². The van der Waals surface area contributed by atoms with Crippen LogP contribution >= 0.6 is 0 Å². The molecule has 0 aliphatic heterocycles. The minimum Gasteiger partial charge on any atom is -0.444 e. The van der Waals surface area contributed by atoms with Gasteiger partial charge >= 0.3 is 6.09 Å². The van der Waals surface area contributed by atoms with Gasteiger partial charge in [0.25, 0.3) is 10.1 Å². The van der Waals surface area contributed by atoms with Gasteiger partial charge in [0.2, 0.25) is 0 Å². The van der Waals surface area contributed by atoms with Gasteiger partial charge in [-0.25, -0.2) is 4.79 Å². The van der Waals surface area contributed by atoms with E-state index in [4.69, 9.17) is 9.29 Å². The van der Waals surface area contributed by atoms with Crippen LogP contribution in [0.2, 0.25) is 0 Å². The second-order valence-electron chi connectivity index (χ2n) is 4.64. The summed E-state index contributed by atoms with van der Waals surface area (Å²) in [6.45, 7) is 1.80. The number of carbonyl (C=O) groups excluding carboxylic acids is 1. The van der Waals surface area contributed by atoms with E-state index in [-0.39, 0.29) is 17.2 Å². The molecule has 0 saturated carbocycles. The molecule has 0 aliphatic rings. The highest BCUT2D eigenvalue weighted by molar-refractivity contribution is 7.85. The molecule has 0 aromatic heterocycles. The number of benzene rings is 2. The number of aryl methyl sites for hydroxylation is 1. The summed E-state index contributed by atoms with van der Waals surface area (Å²) >= 11 is 0. The second kappa shape index (κ2) is 6.59. The van der Waals surface area contributed by atoms with Gasteiger partial charge in [0, 0.05) is 5.69 Å². The average Bonchev–Trinajstić information content (AvgIpc) is 2.47. The Morgan fingerprint density at radius 3 is 2.50 bits per heavy atom. The monoisotopic (exact) mass is 321 g/mol. The first kappa shape index (κ1) is 16.0. The lowest BCUT2D eigenvalue weighted by atomic mass is 10.2. The van der Waals surface area contributed by atoms with Crippen LogP contribution in [-0.2, 0) is 21.5 Å². The second-order valence-corrected chi connectivity index (χ2v) is 6.06. The van der Waals surface area contributed by atoms with Gasteiger partial charge in [-0.05, 0) is 30.2 Å². The smallest absolute Gasteiger partial charge is 0.411 e. The van der Waals surface area contributed by atoms with Crippen molar-refractivity contribution in [2.24, 2.45) is 0 Å². The third-order valence-electron chi connectivity index (χ3n) is 2.96. The number of rotatable bonds is 4. The van der Waals surface area contributed by atoms with Crippen LogP contribution in [0, 0.1) is 6.92 Å². The number of hydrogen-bond acceptors (Lipinski definition) is 4. The zero-order valence-corrected chi connectivity index (χ0v) is 12.6. The molecule has 0 aliphatic carbocycles. The standard InChI is InChI=1S/C15H15NO5S/c1-11-7-8-13(22(18,19)20)9-14(11)16-15(17)21-10-12-5-3-2-4-6-12/h2-9H,10H2,1H3,(H,16,17)(H,18,19,20). The van der Waals surface area contributed by atoms with Gasteiger partial charge in [0.15, 0.2) is 0 Å². The first-order valence-electron chi connectivity index (χ1n) is 6.42. The Hall–Kier alpha value is -2.38. The van der Waals surface area contributed by atoms with Crippen LogP contribution in [0.25, 0.3) is 0 Å². The van der Waals surface area contributed by atoms with Gasteiger partial charge in [-0.15, -0.1) is 0 Å². The summed E-state index contributed by atoms with van der Waals surface area (Å²) in [6, 6.07) is 13.1. The fourth-order valence-electron chi connectivity index (χ4n) is 1.77. The molecule has 0 unspecified atom stereocenters. The quantitative estimate of drug-likeness (QED) is 0.845. The van der Waals surface area contributed by atoms with Gasteiger partial charge in [0.1, 0.15) is 6.61 Å². The Bertz CT molecular complexity index is 772. The first-order chi connectivity index (χ1) is 10.4. The Morgan fingerprint density at radius 2 is 1.86 bits per heavy atom. The number of amides is 1. The predicted molar refractivity (Wildman–Crippen MR) is 81.2 cm³/mol. The molecule has 7 heteroatoms. The van der Waals surface area contributed by atoms with Crippen LogP contribution in [0.3, 0.4) is 0 Å². The molecule has 2 N–H and O–H groups in total. The highest BCUT2D eigenvalue weighted by Crippen LogP contribution is 2.20. The Morgan fingerprint density at radius 1 is 1.18 bits per heavy atom. The van der Waals surface area contributed by atoms with Crippen molar-refractivity contribution in [3.8, 4) is 0 Å². The van der Waals surface area contributed by atoms with Gasteiger partial charge in [-0.3, -0.25) is 9.87 Å². The Labute approximate surface area is 128 Å². The molecule has 0 spiro atoms. The van der Waals surface area contributed by atoms with Gasteiger partial charge in [-0.2, -0.15) is 8.42 Å². The molecule has 6 nitrogen and oxygen atoms in total. The normalized spacial score (nSPS) is 11.0. The lowest BCUT2D eigenvalue weighted by Gasteiger charge is -2.10. The zero-order valence-electron chi connectivity index (χ0n) is 11.8. The summed E-state index contributed by atoms with van der Waals surface area (Å²) in [4.78, 5) is 11.5. The van der Waals surface area contributed by atoms with Crippen molar-refractivity contribution in [3.63, 3.8) is 0 Å². The first-order valence-corrected chi connectivity index (χ1v) is 7.86. The maximum atomic E-state index is 11.8. The predicted octanol–water partition coefficient (Wildman–Crippen LogP) is 2.99. The van der Waals surface area contributed by atoms with E-state index in [0.717, 1.165) is 5.56 Å². The van der Waals surface area contributed by atoms with Gasteiger partial charge in [0.05, 0.1) is 4.90 Å². The molecule has 2 aromatic rings. The maximum absolute atomic E-state index is 11.8. The molecule has 2 rings (SSSR count). The number of ether oxygens (including phenoxy) is 1. The lowest BCUT2D eigenvalue weighted by Crippen LogP contribution is -2.14. The highest BCUT2D eigenvalue weighted by Gasteiger charge is 2.13. The average molecular weight is 321 g/mol. The van der Waals surface area contributed by atoms with Crippen LogP contribution in [-0.4, -0.2) is 19.1 Å². The van der Waals surface area contributed by atoms with Crippen LogP contribution in [0.4, 0.5) is 10.5 Å². The SMILES string of the molecule is Cc1ccc(S(=O)(=O)O)cc1NC(=O)OCc1ccccc1. The molecule has 0 saturated heterocycles. The summed E-state index contributed by atoms with van der Waals surface area (Å²) in [5.74, 6) is 0. The number of hydrogen-bond donors (Lipinski definition) is 2. The number of carbonyl (C=O) groups is 1. The van der Waals surface area contributed by atoms with Crippen molar-refractivity contribution in [2.75, 3.05) is 5.32 Å². The number of anilines is 1. The molecule has 0 fully saturated rings. The van der Waals surface area contributed by atoms with Crippen LogP contribution in [0.15, 0.2) is 53.4 Å². The summed E-state index contributed by atoms with van der Waals surface area (Å²) in [7, 11) is -4.33. The molecule has 22 heavy (non-hydrogen) atoms. The van der Waals surface area contributed by atoms with Crippen molar-refractivity contribution in [1.82, 2.24) is 0 Å². The van der Waals surface area contributed by atoms with E-state index in [9.17, 15) is 13.2 Å². The maximum Gasteiger partial charge on any atom is 0.411 e. The summed E-state index contributed by atoms with van der Waals surface area (Å²) < 4.78 is 36.3. The summed E-state index contributed by atoms with van der Waals surface area (Å²) in [6.07, 6.45) is -0.709. The van der Waals surface area contributed by atoms with Crippen LogP contribution < -0.4 is 5.32 Å². The van der Waals surface area contributed by atoms with E-state index in [1.807, 2.05) is 30.3 Å². The van der Waals surface area contributed by atoms with Crippen molar-refractivity contribution >= 4 is 21.9 Å². The number of nitrogens with one attached hydrogen (secondary N) is 1. The van der Waals surface area contributed by atoms with E-state index in [1.165, 1.54) is 18.2 Å². The zero-order chi connectivity index (χ0) is 16.2. The molecular formula is C15H15NO5S. The molecule has 0 atom stereocenters. The topological polar surface area (TPSA) is 92.7 Å². The van der Waals surface area contributed by atoms with E-state index < -0.39 is 16.2 Å². The third kappa shape index (κ3) is 4.31. The lowest BCUT2D eigenvalue weighted by molar-refractivity contribution is 0.155. The summed E-state index contributed by atoms with van der Waals surface area (Å²) in [5, 5.41) is 2.46. The fraction of sp³-hybridized carbons (Fsp3) is 0.133. The molecule has 1 amide bonds. The largest absolute Gasteiger partial charge is 0.444 e. The van der Waals surface area contributed by atoms with Crippen molar-refractivity contribution in [1.29, 1.82) is 0 Å². The molecular weight excluding hydrogens is 306 g/mol. The van der Waals surface area contributed by atoms with Crippen molar-refractivity contribution < 1.29 is 22.5 Å². The van der Waals surface area contributed by atoms with Crippen LogP contribution in [0.5, 0.6) is 0 Å². The van der Waals surface area contributed by atoms with E-state index in [2.05, 4.69) is 5.32 Å². The highest BCUT2D eigenvalue weighted by atomic mass is 32.2. The fourth-order valence-corrected chi connectivity index (χ4v) is 2.27. The van der Waals surface area contributed by atoms with Crippen molar-refractivity contribution in [3.05, 3.63) is 59.7 Å². The van der Waals surface area contributed by atoms with Crippen LogP contribution in [0.1, 0.15) is 11.1 Å². The minimum absolute atomic E-state index is 0.101. The Kier molecular flexibility index (Phi) is 4.79. The van der Waals surface area contributed by atoms with E-state index in [0.29, 0.717) is 5.56 Å². The molecule has 0 radical (unpaired) electrons. The molecule has 0 bridgehead atoms. The molecule has 2 aromatic carbocycles. The Balaban J connectivity index is 2.05. The van der Waals surface area contributed by atoms with Crippen molar-refractivity contribution in [2.45, 2.75) is 18.4 Å².